The molecule has 0 radical (unpaired) electrons. The lowest BCUT2D eigenvalue weighted by molar-refractivity contribution is -0.193. The van der Waals surface area contributed by atoms with Crippen LogP contribution in [-0.4, -0.2) is 89.9 Å². The van der Waals surface area contributed by atoms with Crippen molar-refractivity contribution in [2.24, 2.45) is 5.92 Å². The van der Waals surface area contributed by atoms with Gasteiger partial charge in [-0.15, -0.1) is 0 Å². The zero-order chi connectivity index (χ0) is 25.2. The summed E-state index contributed by atoms with van der Waals surface area (Å²) in [4.78, 5) is 37.4. The maximum absolute atomic E-state index is 13.3. The predicted molar refractivity (Wildman–Crippen MR) is 120 cm³/mol. The number of halogens is 3. The third-order valence-electron chi connectivity index (χ3n) is 6.76. The van der Waals surface area contributed by atoms with E-state index in [1.54, 1.807) is 19.3 Å². The fourth-order valence-electron chi connectivity index (χ4n) is 4.95. The Morgan fingerprint density at radius 2 is 1.86 bits per heavy atom. The van der Waals surface area contributed by atoms with Crippen molar-refractivity contribution < 1.29 is 27.5 Å². The zero-order valence-corrected chi connectivity index (χ0v) is 19.8. The number of ether oxygens (including phenoxy) is 1. The van der Waals surface area contributed by atoms with E-state index in [1.165, 1.54) is 0 Å². The van der Waals surface area contributed by atoms with Gasteiger partial charge < -0.3 is 19.9 Å². The summed E-state index contributed by atoms with van der Waals surface area (Å²) in [7, 11) is 0. The quantitative estimate of drug-likeness (QED) is 0.498. The van der Waals surface area contributed by atoms with Gasteiger partial charge in [-0.05, 0) is 32.3 Å². The number of aryl methyl sites for hydroxylation is 1. The molecule has 13 heteroatoms. The van der Waals surface area contributed by atoms with Gasteiger partial charge in [0.25, 0.3) is 5.91 Å². The molecule has 0 spiro atoms. The summed E-state index contributed by atoms with van der Waals surface area (Å²) in [5.41, 5.74) is 5.52. The molecule has 0 bridgehead atoms. The Balaban J connectivity index is 1.23. The summed E-state index contributed by atoms with van der Waals surface area (Å²) in [6.07, 6.45) is 0.479. The molecule has 1 aromatic heterocycles. The van der Waals surface area contributed by atoms with Crippen LogP contribution in [0.25, 0.3) is 0 Å². The molecule has 4 heterocycles. The largest absolute Gasteiger partial charge is 0.402 e. The van der Waals surface area contributed by atoms with Crippen molar-refractivity contribution in [3.05, 3.63) is 18.0 Å². The molecule has 3 saturated heterocycles. The Morgan fingerprint density at radius 3 is 2.51 bits per heavy atom. The van der Waals surface area contributed by atoms with E-state index in [4.69, 9.17) is 4.74 Å². The smallest absolute Gasteiger partial charge is 0.367 e. The number of piperidine rings is 1. The van der Waals surface area contributed by atoms with Crippen LogP contribution in [-0.2, 0) is 14.3 Å². The minimum atomic E-state index is -4.66. The molecule has 35 heavy (non-hydrogen) atoms. The van der Waals surface area contributed by atoms with Crippen LogP contribution in [0, 0.1) is 12.8 Å². The molecule has 4 rings (SSSR count). The van der Waals surface area contributed by atoms with Gasteiger partial charge in [0.15, 0.2) is 5.92 Å². The molecule has 10 nitrogen and oxygen atoms in total. The number of rotatable bonds is 7. The maximum atomic E-state index is 13.3. The first kappa shape index (κ1) is 25.6. The monoisotopic (exact) mass is 499 g/mol. The number of carbonyl (C=O) groups is 2. The highest BCUT2D eigenvalue weighted by molar-refractivity contribution is 5.83. The number of hydrogen-bond acceptors (Lipinski definition) is 8. The number of anilines is 1. The molecular weight excluding hydrogens is 467 g/mol. The predicted octanol–water partition coefficient (Wildman–Crippen LogP) is 0.531. The average Bonchev–Trinajstić information content (AvgIpc) is 3.18. The van der Waals surface area contributed by atoms with Crippen molar-refractivity contribution in [2.75, 3.05) is 37.7 Å². The maximum Gasteiger partial charge on any atom is 0.402 e. The number of carbonyl (C=O) groups excluding carboxylic acids is 2. The molecule has 2 amide bonds. The Morgan fingerprint density at radius 1 is 1.17 bits per heavy atom. The van der Waals surface area contributed by atoms with Crippen molar-refractivity contribution in [1.29, 1.82) is 0 Å². The number of nitrogens with one attached hydrogen (secondary N) is 3. The van der Waals surface area contributed by atoms with Crippen LogP contribution in [0.4, 0.5) is 19.1 Å². The van der Waals surface area contributed by atoms with Gasteiger partial charge in [-0.2, -0.15) is 13.2 Å². The van der Waals surface area contributed by atoms with Crippen molar-refractivity contribution in [3.8, 4) is 0 Å². The summed E-state index contributed by atoms with van der Waals surface area (Å²) >= 11 is 0. The highest BCUT2D eigenvalue weighted by Gasteiger charge is 2.51. The number of aromatic nitrogens is 2. The standard InChI is InChI=1S/C22H32F3N7O3/c1-13-9-26-21(27-10-13)31-6-3-15(4-7-31)32-8-5-17(20(32)34)35-12-14(2)29-16-11-28-30-19(33)18(16)22(23,24)25/h9-10,14-18,28-29H,3-8,11-12H2,1-2H3,(H,30,33)/t14-,16?,17+,18?/m0/s1. The number of amides is 2. The molecule has 2 unspecified atom stereocenters. The van der Waals surface area contributed by atoms with Crippen molar-refractivity contribution in [3.63, 3.8) is 0 Å². The molecule has 0 aromatic carbocycles. The molecule has 0 aliphatic carbocycles. The van der Waals surface area contributed by atoms with E-state index in [9.17, 15) is 22.8 Å². The Bertz CT molecular complexity index is 893. The molecule has 194 valence electrons. The topological polar surface area (TPSA) is 112 Å². The van der Waals surface area contributed by atoms with Gasteiger partial charge in [0.2, 0.25) is 11.9 Å². The fourth-order valence-corrected chi connectivity index (χ4v) is 4.95. The Kier molecular flexibility index (Phi) is 7.77. The van der Waals surface area contributed by atoms with Crippen molar-refractivity contribution >= 4 is 17.8 Å². The van der Waals surface area contributed by atoms with E-state index in [2.05, 4.69) is 25.6 Å². The molecule has 4 atom stereocenters. The molecular formula is C22H32F3N7O3. The summed E-state index contributed by atoms with van der Waals surface area (Å²) in [6, 6.07) is -1.48. The Hall–Kier alpha value is -2.51. The van der Waals surface area contributed by atoms with Crippen molar-refractivity contribution in [2.45, 2.75) is 63.5 Å². The van der Waals surface area contributed by atoms with Gasteiger partial charge in [0.1, 0.15) is 6.10 Å². The molecule has 3 N–H and O–H groups in total. The van der Waals surface area contributed by atoms with Crippen LogP contribution in [0.5, 0.6) is 0 Å². The number of alkyl halides is 3. The van der Waals surface area contributed by atoms with E-state index < -0.39 is 36.2 Å². The highest BCUT2D eigenvalue weighted by Crippen LogP contribution is 2.30. The van der Waals surface area contributed by atoms with Gasteiger partial charge in [0.05, 0.1) is 6.61 Å². The first-order valence-electron chi connectivity index (χ1n) is 11.9. The minimum absolute atomic E-state index is 0.0656. The molecule has 3 aliphatic heterocycles. The number of hydrogen-bond donors (Lipinski definition) is 3. The van der Waals surface area contributed by atoms with Gasteiger partial charge >= 0.3 is 6.18 Å². The molecule has 0 saturated carbocycles. The van der Waals surface area contributed by atoms with E-state index >= 15 is 0 Å². The lowest BCUT2D eigenvalue weighted by Gasteiger charge is -2.36. The van der Waals surface area contributed by atoms with E-state index in [-0.39, 0.29) is 25.1 Å². The fraction of sp³-hybridized carbons (Fsp3) is 0.727. The van der Waals surface area contributed by atoms with E-state index in [0.717, 1.165) is 31.5 Å². The first-order valence-corrected chi connectivity index (χ1v) is 11.9. The summed E-state index contributed by atoms with van der Waals surface area (Å²) < 4.78 is 45.7. The van der Waals surface area contributed by atoms with Crippen LogP contribution in [0.2, 0.25) is 0 Å². The van der Waals surface area contributed by atoms with Crippen molar-refractivity contribution in [1.82, 2.24) is 31.0 Å². The molecule has 3 fully saturated rings. The summed E-state index contributed by atoms with van der Waals surface area (Å²) in [6.45, 7) is 5.73. The van der Waals surface area contributed by atoms with Crippen LogP contribution in [0.3, 0.4) is 0 Å². The normalized spacial score (nSPS) is 27.3. The third kappa shape index (κ3) is 6.01. The van der Waals surface area contributed by atoms with Crippen LogP contribution < -0.4 is 21.1 Å². The minimum Gasteiger partial charge on any atom is -0.367 e. The second-order valence-corrected chi connectivity index (χ2v) is 9.48. The highest BCUT2D eigenvalue weighted by atomic mass is 19.4. The molecule has 3 aliphatic rings. The number of likely N-dealkylation sites (tertiary alicyclic amines) is 1. The van der Waals surface area contributed by atoms with Crippen LogP contribution in [0.15, 0.2) is 12.4 Å². The van der Waals surface area contributed by atoms with E-state index in [0.29, 0.717) is 18.9 Å². The van der Waals surface area contributed by atoms with Gasteiger partial charge in [-0.25, -0.2) is 15.4 Å². The van der Waals surface area contributed by atoms with E-state index in [1.807, 2.05) is 17.2 Å². The first-order chi connectivity index (χ1) is 16.6. The Labute approximate surface area is 201 Å². The third-order valence-corrected chi connectivity index (χ3v) is 6.76. The second-order valence-electron chi connectivity index (χ2n) is 9.48. The second kappa shape index (κ2) is 10.6. The lowest BCUT2D eigenvalue weighted by Crippen LogP contribution is -2.65. The van der Waals surface area contributed by atoms with Crippen LogP contribution >= 0.6 is 0 Å². The average molecular weight is 500 g/mol. The van der Waals surface area contributed by atoms with Gasteiger partial charge in [-0.1, -0.05) is 0 Å². The SMILES string of the molecule is Cc1cnc(N2CCC(N3CC[C@@H](OC[C@H](C)NC4CNNC(=O)C4C(F)(F)F)C3=O)CC2)nc1. The summed E-state index contributed by atoms with van der Waals surface area (Å²) in [5, 5.41) is 2.83. The van der Waals surface area contributed by atoms with Gasteiger partial charge in [-0.3, -0.25) is 15.0 Å². The molecule has 1 aromatic rings. The number of hydrazine groups is 1. The lowest BCUT2D eigenvalue weighted by atomic mass is 9.96. The van der Waals surface area contributed by atoms with Crippen LogP contribution in [0.1, 0.15) is 31.7 Å². The zero-order valence-electron chi connectivity index (χ0n) is 19.8. The van der Waals surface area contributed by atoms with Gasteiger partial charge in [0, 0.05) is 63.1 Å². The number of nitrogens with zero attached hydrogens (tertiary/aromatic N) is 4. The summed E-state index contributed by atoms with van der Waals surface area (Å²) in [5.74, 6) is -2.64.